The van der Waals surface area contributed by atoms with Crippen LogP contribution in [0.4, 0.5) is 8.78 Å². The van der Waals surface area contributed by atoms with Crippen LogP contribution in [-0.4, -0.2) is 0 Å². The number of alkyl halides is 1. The Balaban J connectivity index is 3.21. The van der Waals surface area contributed by atoms with Gasteiger partial charge in [0, 0.05) is 0 Å². The van der Waals surface area contributed by atoms with Crippen LogP contribution < -0.4 is 0 Å². The molecule has 0 nitrogen and oxygen atoms in total. The largest absolute Gasteiger partial charge is 0.246 e. The molecule has 0 amide bonds. The van der Waals surface area contributed by atoms with E-state index in [-0.39, 0.29) is 5.82 Å². The molecule has 1 aromatic rings. The third-order valence-electron chi connectivity index (χ3n) is 1.65. The molecule has 1 aromatic carbocycles. The Kier molecular flexibility index (Phi) is 2.22. The van der Waals surface area contributed by atoms with Crippen molar-refractivity contribution in [1.82, 2.24) is 0 Å². The van der Waals surface area contributed by atoms with Gasteiger partial charge in [0.2, 0.25) is 0 Å². The molecule has 0 atom stereocenters. The summed E-state index contributed by atoms with van der Waals surface area (Å²) in [5.41, 5.74) is 1.57. The molecular formula is C9H10F2. The van der Waals surface area contributed by atoms with E-state index >= 15 is 0 Å². The Morgan fingerprint density at radius 2 is 1.64 bits per heavy atom. The molecule has 0 aliphatic carbocycles. The van der Waals surface area contributed by atoms with Gasteiger partial charge in [-0.15, -0.1) is 0 Å². The van der Waals surface area contributed by atoms with Crippen LogP contribution in [0.25, 0.3) is 0 Å². The van der Waals surface area contributed by atoms with E-state index in [1.807, 2.05) is 0 Å². The summed E-state index contributed by atoms with van der Waals surface area (Å²) < 4.78 is 25.0. The normalized spacial score (nSPS) is 10.2. The lowest BCUT2D eigenvalue weighted by molar-refractivity contribution is 0.483. The second-order valence-corrected chi connectivity index (χ2v) is 2.68. The zero-order valence-electron chi connectivity index (χ0n) is 6.62. The molecule has 60 valence electrons. The van der Waals surface area contributed by atoms with Crippen molar-refractivity contribution in [3.05, 3.63) is 34.6 Å². The molecule has 2 heteroatoms. The molecule has 0 spiro atoms. The molecule has 0 aliphatic rings. The van der Waals surface area contributed by atoms with Crippen molar-refractivity contribution >= 4 is 0 Å². The zero-order valence-corrected chi connectivity index (χ0v) is 6.62. The smallest absolute Gasteiger partial charge is 0.129 e. The van der Waals surface area contributed by atoms with Crippen LogP contribution in [0.2, 0.25) is 0 Å². The quantitative estimate of drug-likeness (QED) is 0.586. The molecule has 0 saturated heterocycles. The summed E-state index contributed by atoms with van der Waals surface area (Å²) in [5, 5.41) is 0. The van der Waals surface area contributed by atoms with Crippen LogP contribution in [0.3, 0.4) is 0 Å². The zero-order chi connectivity index (χ0) is 8.43. The van der Waals surface area contributed by atoms with Gasteiger partial charge in [-0.2, -0.15) is 0 Å². The molecule has 0 bridgehead atoms. The molecule has 1 rings (SSSR count). The lowest BCUT2D eigenvalue weighted by Gasteiger charge is -2.02. The maximum atomic E-state index is 12.9. The van der Waals surface area contributed by atoms with E-state index in [2.05, 4.69) is 0 Å². The van der Waals surface area contributed by atoms with E-state index in [4.69, 9.17) is 0 Å². The topological polar surface area (TPSA) is 0 Å². The summed E-state index contributed by atoms with van der Waals surface area (Å²) in [5.74, 6) is -0.234. The third-order valence-corrected chi connectivity index (χ3v) is 1.65. The highest BCUT2D eigenvalue weighted by atomic mass is 19.1. The summed E-state index contributed by atoms with van der Waals surface area (Å²) in [4.78, 5) is 0. The van der Waals surface area contributed by atoms with Gasteiger partial charge in [-0.1, -0.05) is 12.1 Å². The van der Waals surface area contributed by atoms with E-state index in [1.54, 1.807) is 13.8 Å². The lowest BCUT2D eigenvalue weighted by atomic mass is 10.1. The molecule has 0 aliphatic heterocycles. The molecule has 0 unspecified atom stereocenters. The van der Waals surface area contributed by atoms with Crippen LogP contribution in [-0.2, 0) is 6.67 Å². The lowest BCUT2D eigenvalue weighted by Crippen LogP contribution is -1.90. The van der Waals surface area contributed by atoms with Crippen molar-refractivity contribution < 1.29 is 8.78 Å². The van der Waals surface area contributed by atoms with Gasteiger partial charge in [-0.3, -0.25) is 0 Å². The second-order valence-electron chi connectivity index (χ2n) is 2.68. The van der Waals surface area contributed by atoms with Crippen LogP contribution in [0.15, 0.2) is 12.1 Å². The standard InChI is InChI=1S/C9H10F2/c1-6-3-8(5-10)4-7(2)9(6)11/h3-4H,5H2,1-2H3. The summed E-state index contributed by atoms with van der Waals surface area (Å²) in [6.45, 7) is 2.75. The maximum Gasteiger partial charge on any atom is 0.129 e. The number of halogens is 2. The highest BCUT2D eigenvalue weighted by Crippen LogP contribution is 2.14. The van der Waals surface area contributed by atoms with Gasteiger partial charge in [-0.05, 0) is 30.5 Å². The van der Waals surface area contributed by atoms with Gasteiger partial charge in [0.05, 0.1) is 0 Å². The molecular weight excluding hydrogens is 146 g/mol. The van der Waals surface area contributed by atoms with Crippen molar-refractivity contribution in [3.63, 3.8) is 0 Å². The number of rotatable bonds is 1. The molecule has 0 N–H and O–H groups in total. The predicted octanol–water partition coefficient (Wildman–Crippen LogP) is 2.91. The van der Waals surface area contributed by atoms with E-state index in [9.17, 15) is 8.78 Å². The van der Waals surface area contributed by atoms with E-state index < -0.39 is 6.67 Å². The van der Waals surface area contributed by atoms with E-state index in [1.165, 1.54) is 12.1 Å². The first kappa shape index (κ1) is 8.18. The molecule has 0 saturated carbocycles. The fourth-order valence-electron chi connectivity index (χ4n) is 1.11. The Labute approximate surface area is 64.9 Å². The van der Waals surface area contributed by atoms with Crippen molar-refractivity contribution in [2.45, 2.75) is 20.5 Å². The molecule has 0 heterocycles. The SMILES string of the molecule is Cc1cc(CF)cc(C)c1F. The minimum absolute atomic E-state index is 0.234. The average Bonchev–Trinajstić information content (AvgIpc) is 1.99. The van der Waals surface area contributed by atoms with Crippen LogP contribution in [0.1, 0.15) is 16.7 Å². The Morgan fingerprint density at radius 3 is 2.00 bits per heavy atom. The molecule has 0 aromatic heterocycles. The fourth-order valence-corrected chi connectivity index (χ4v) is 1.11. The number of hydrogen-bond acceptors (Lipinski definition) is 0. The van der Waals surface area contributed by atoms with Crippen molar-refractivity contribution in [2.75, 3.05) is 0 Å². The Hall–Kier alpha value is -0.920. The van der Waals surface area contributed by atoms with Gasteiger partial charge >= 0.3 is 0 Å². The average molecular weight is 156 g/mol. The number of benzene rings is 1. The molecule has 0 radical (unpaired) electrons. The highest BCUT2D eigenvalue weighted by molar-refractivity contribution is 5.29. The number of aryl methyl sites for hydroxylation is 2. The summed E-state index contributed by atoms with van der Waals surface area (Å²) in [6, 6.07) is 3.06. The van der Waals surface area contributed by atoms with Gasteiger partial charge < -0.3 is 0 Å². The first-order valence-corrected chi connectivity index (χ1v) is 3.46. The van der Waals surface area contributed by atoms with Crippen LogP contribution in [0.5, 0.6) is 0 Å². The van der Waals surface area contributed by atoms with Crippen LogP contribution in [0, 0.1) is 19.7 Å². The maximum absolute atomic E-state index is 12.9. The highest BCUT2D eigenvalue weighted by Gasteiger charge is 2.02. The minimum atomic E-state index is -0.526. The van der Waals surface area contributed by atoms with Gasteiger partial charge in [-0.25, -0.2) is 8.78 Å². The van der Waals surface area contributed by atoms with Crippen molar-refractivity contribution in [3.8, 4) is 0 Å². The summed E-state index contributed by atoms with van der Waals surface area (Å²) in [7, 11) is 0. The minimum Gasteiger partial charge on any atom is -0.246 e. The van der Waals surface area contributed by atoms with E-state index in [0.29, 0.717) is 16.7 Å². The summed E-state index contributed by atoms with van der Waals surface area (Å²) in [6.07, 6.45) is 0. The monoisotopic (exact) mass is 156 g/mol. The summed E-state index contributed by atoms with van der Waals surface area (Å²) >= 11 is 0. The van der Waals surface area contributed by atoms with Crippen LogP contribution >= 0.6 is 0 Å². The van der Waals surface area contributed by atoms with Crippen molar-refractivity contribution in [1.29, 1.82) is 0 Å². The Morgan fingerprint density at radius 1 is 1.18 bits per heavy atom. The van der Waals surface area contributed by atoms with E-state index in [0.717, 1.165) is 0 Å². The van der Waals surface area contributed by atoms with Gasteiger partial charge in [0.25, 0.3) is 0 Å². The first-order valence-electron chi connectivity index (χ1n) is 3.46. The van der Waals surface area contributed by atoms with Gasteiger partial charge in [0.15, 0.2) is 0 Å². The Bertz CT molecular complexity index is 243. The fraction of sp³-hybridized carbons (Fsp3) is 0.333. The van der Waals surface area contributed by atoms with Gasteiger partial charge in [0.1, 0.15) is 12.5 Å². The number of hydrogen-bond donors (Lipinski definition) is 0. The molecule has 0 fully saturated rings. The third kappa shape index (κ3) is 1.56. The second kappa shape index (κ2) is 2.99. The molecule has 11 heavy (non-hydrogen) atoms. The first-order chi connectivity index (χ1) is 5.15. The predicted molar refractivity (Wildman–Crippen MR) is 40.7 cm³/mol. The van der Waals surface area contributed by atoms with Crippen molar-refractivity contribution in [2.24, 2.45) is 0 Å².